The van der Waals surface area contributed by atoms with E-state index in [1.807, 2.05) is 19.9 Å². The molecule has 2 N–H and O–H groups in total. The first kappa shape index (κ1) is 11.5. The van der Waals surface area contributed by atoms with Crippen molar-refractivity contribution in [2.24, 2.45) is 5.41 Å². The van der Waals surface area contributed by atoms with Crippen LogP contribution in [0.3, 0.4) is 0 Å². The molecule has 2 heteroatoms. The second kappa shape index (κ2) is 3.24. The lowest BCUT2D eigenvalue weighted by Gasteiger charge is -2.21. The van der Waals surface area contributed by atoms with E-state index in [0.29, 0.717) is 5.75 Å². The Labute approximate surface area is 96.9 Å². The van der Waals surface area contributed by atoms with Crippen LogP contribution in [0.2, 0.25) is 0 Å². The zero-order chi connectivity index (χ0) is 12.1. The zero-order valence-corrected chi connectivity index (χ0v) is 10.5. The minimum atomic E-state index is -0.241. The number of aryl methyl sites for hydroxylation is 2. The molecule has 2 rings (SSSR count). The molecule has 0 aromatic heterocycles. The van der Waals surface area contributed by atoms with Gasteiger partial charge in [-0.3, -0.25) is 0 Å². The van der Waals surface area contributed by atoms with Crippen molar-refractivity contribution in [3.63, 3.8) is 0 Å². The first-order valence-corrected chi connectivity index (χ1v) is 5.76. The molecule has 0 radical (unpaired) electrons. The van der Waals surface area contributed by atoms with Crippen molar-refractivity contribution in [2.45, 2.75) is 39.5 Å². The number of rotatable bonds is 2. The maximum atomic E-state index is 10.0. The monoisotopic (exact) mass is 220 g/mol. The number of phenolic OH excluding ortho intramolecular Hbond substituents is 1. The Balaban J connectivity index is 2.53. The van der Waals surface area contributed by atoms with Crippen LogP contribution in [0.5, 0.6) is 5.75 Å². The molecular formula is C14H20O2. The summed E-state index contributed by atoms with van der Waals surface area (Å²) in [5, 5.41) is 19.7. The Hall–Kier alpha value is -1.02. The average molecular weight is 220 g/mol. The first-order chi connectivity index (χ1) is 7.34. The van der Waals surface area contributed by atoms with Gasteiger partial charge in [0.2, 0.25) is 0 Å². The zero-order valence-electron chi connectivity index (χ0n) is 10.5. The molecule has 88 valence electrons. The normalized spacial score (nSPS) is 26.8. The topological polar surface area (TPSA) is 40.5 Å². The minimum absolute atomic E-state index is 0.0843. The first-order valence-electron chi connectivity index (χ1n) is 5.76. The van der Waals surface area contributed by atoms with Gasteiger partial charge in [-0.05, 0) is 42.9 Å². The van der Waals surface area contributed by atoms with Gasteiger partial charge in [0.25, 0.3) is 0 Å². The van der Waals surface area contributed by atoms with Gasteiger partial charge < -0.3 is 10.2 Å². The van der Waals surface area contributed by atoms with E-state index < -0.39 is 0 Å². The second-order valence-corrected chi connectivity index (χ2v) is 5.75. The number of aliphatic hydroxyl groups excluding tert-OH is 1. The highest BCUT2D eigenvalue weighted by Crippen LogP contribution is 2.65. The maximum absolute atomic E-state index is 10.0. The largest absolute Gasteiger partial charge is 0.508 e. The van der Waals surface area contributed by atoms with E-state index in [9.17, 15) is 10.2 Å². The van der Waals surface area contributed by atoms with E-state index in [4.69, 9.17) is 0 Å². The molecule has 16 heavy (non-hydrogen) atoms. The molecular weight excluding hydrogens is 200 g/mol. The molecule has 0 aliphatic heterocycles. The van der Waals surface area contributed by atoms with Gasteiger partial charge in [0, 0.05) is 11.0 Å². The number of aliphatic hydroxyl groups is 1. The third-order valence-electron chi connectivity index (χ3n) is 4.31. The lowest BCUT2D eigenvalue weighted by molar-refractivity contribution is 0.228. The fourth-order valence-corrected chi connectivity index (χ4v) is 2.71. The lowest BCUT2D eigenvalue weighted by Crippen LogP contribution is -2.19. The molecule has 1 unspecified atom stereocenters. The molecule has 0 saturated heterocycles. The van der Waals surface area contributed by atoms with Crippen molar-refractivity contribution in [3.8, 4) is 5.75 Å². The van der Waals surface area contributed by atoms with Crippen molar-refractivity contribution >= 4 is 0 Å². The van der Waals surface area contributed by atoms with E-state index in [1.54, 1.807) is 6.07 Å². The Bertz CT molecular complexity index is 435. The highest BCUT2D eigenvalue weighted by Gasteiger charge is 2.62. The van der Waals surface area contributed by atoms with Gasteiger partial charge in [-0.25, -0.2) is 0 Å². The standard InChI is InChI=1S/C14H20O2/c1-9-5-11(12(16)6-10(9)2)14(8-15)7-13(14,3)4/h5-6,15-16H,7-8H2,1-4H3. The highest BCUT2D eigenvalue weighted by molar-refractivity contribution is 5.50. The van der Waals surface area contributed by atoms with Gasteiger partial charge in [-0.2, -0.15) is 0 Å². The quantitative estimate of drug-likeness (QED) is 0.804. The van der Waals surface area contributed by atoms with Crippen molar-refractivity contribution in [1.82, 2.24) is 0 Å². The second-order valence-electron chi connectivity index (χ2n) is 5.75. The number of benzene rings is 1. The van der Waals surface area contributed by atoms with Gasteiger partial charge in [-0.1, -0.05) is 19.9 Å². The van der Waals surface area contributed by atoms with E-state index in [2.05, 4.69) is 13.8 Å². The highest BCUT2D eigenvalue weighted by atomic mass is 16.3. The summed E-state index contributed by atoms with van der Waals surface area (Å²) in [5.74, 6) is 0.322. The summed E-state index contributed by atoms with van der Waals surface area (Å²) in [6.07, 6.45) is 0.937. The molecule has 0 bridgehead atoms. The van der Waals surface area contributed by atoms with Crippen LogP contribution in [0.25, 0.3) is 0 Å². The van der Waals surface area contributed by atoms with E-state index in [0.717, 1.165) is 17.5 Å². The molecule has 0 amide bonds. The fraction of sp³-hybridized carbons (Fsp3) is 0.571. The molecule has 1 fully saturated rings. The van der Waals surface area contributed by atoms with Crippen LogP contribution in [-0.2, 0) is 5.41 Å². The minimum Gasteiger partial charge on any atom is -0.508 e. The molecule has 1 atom stereocenters. The van der Waals surface area contributed by atoms with Crippen molar-refractivity contribution in [1.29, 1.82) is 0 Å². The van der Waals surface area contributed by atoms with Gasteiger partial charge in [0.15, 0.2) is 0 Å². The third kappa shape index (κ3) is 1.36. The smallest absolute Gasteiger partial charge is 0.119 e. The van der Waals surface area contributed by atoms with E-state index in [-0.39, 0.29) is 17.4 Å². The molecule has 2 nitrogen and oxygen atoms in total. The van der Waals surface area contributed by atoms with Crippen LogP contribution in [0, 0.1) is 19.3 Å². The number of hydrogen-bond acceptors (Lipinski definition) is 2. The molecule has 1 aromatic carbocycles. The number of phenols is 1. The summed E-state index contributed by atoms with van der Waals surface area (Å²) >= 11 is 0. The van der Waals surface area contributed by atoms with Gasteiger partial charge in [0.05, 0.1) is 6.61 Å². The number of aromatic hydroxyl groups is 1. The van der Waals surface area contributed by atoms with Crippen LogP contribution < -0.4 is 0 Å². The predicted octanol–water partition coefficient (Wildman–Crippen LogP) is 2.67. The summed E-state index contributed by atoms with van der Waals surface area (Å²) in [4.78, 5) is 0. The van der Waals surface area contributed by atoms with Crippen LogP contribution in [0.15, 0.2) is 12.1 Å². The summed E-state index contributed by atoms with van der Waals surface area (Å²) in [5.41, 5.74) is 3.01. The van der Waals surface area contributed by atoms with E-state index >= 15 is 0 Å². The average Bonchev–Trinajstić information content (AvgIpc) is 2.76. The van der Waals surface area contributed by atoms with Crippen LogP contribution in [-0.4, -0.2) is 16.8 Å². The summed E-state index contributed by atoms with van der Waals surface area (Å²) in [7, 11) is 0. The molecule has 0 heterocycles. The molecule has 1 aliphatic carbocycles. The number of hydrogen-bond donors (Lipinski definition) is 2. The van der Waals surface area contributed by atoms with Crippen molar-refractivity contribution in [2.75, 3.05) is 6.61 Å². The molecule has 1 aromatic rings. The Morgan fingerprint density at radius 3 is 2.12 bits per heavy atom. The molecule has 1 aliphatic rings. The van der Waals surface area contributed by atoms with Crippen LogP contribution in [0.4, 0.5) is 0 Å². The summed E-state index contributed by atoms with van der Waals surface area (Å²) in [6.45, 7) is 8.41. The van der Waals surface area contributed by atoms with Crippen LogP contribution >= 0.6 is 0 Å². The molecule has 1 saturated carbocycles. The van der Waals surface area contributed by atoms with Crippen LogP contribution in [0.1, 0.15) is 37.0 Å². The Morgan fingerprint density at radius 2 is 1.69 bits per heavy atom. The Kier molecular flexibility index (Phi) is 2.32. The van der Waals surface area contributed by atoms with E-state index in [1.165, 1.54) is 5.56 Å². The third-order valence-corrected chi connectivity index (χ3v) is 4.31. The van der Waals surface area contributed by atoms with Crippen molar-refractivity contribution < 1.29 is 10.2 Å². The van der Waals surface area contributed by atoms with Gasteiger partial charge in [-0.15, -0.1) is 0 Å². The van der Waals surface area contributed by atoms with Gasteiger partial charge in [0.1, 0.15) is 5.75 Å². The fourth-order valence-electron chi connectivity index (χ4n) is 2.71. The SMILES string of the molecule is Cc1cc(O)c(C2(CO)CC2(C)C)cc1C. The van der Waals surface area contributed by atoms with Gasteiger partial charge >= 0.3 is 0 Å². The summed E-state index contributed by atoms with van der Waals surface area (Å²) in [6, 6.07) is 3.83. The summed E-state index contributed by atoms with van der Waals surface area (Å²) < 4.78 is 0. The predicted molar refractivity (Wildman–Crippen MR) is 64.7 cm³/mol. The lowest BCUT2D eigenvalue weighted by atomic mass is 9.86. The maximum Gasteiger partial charge on any atom is 0.119 e. The Morgan fingerprint density at radius 1 is 1.19 bits per heavy atom. The van der Waals surface area contributed by atoms with Crippen molar-refractivity contribution in [3.05, 3.63) is 28.8 Å². The molecule has 0 spiro atoms.